The lowest BCUT2D eigenvalue weighted by atomic mass is 10.7. The zero-order valence-corrected chi connectivity index (χ0v) is 7.07. The zero-order chi connectivity index (χ0) is 7.98. The van der Waals surface area contributed by atoms with Crippen molar-refractivity contribution >= 4 is 18.0 Å². The Balaban J connectivity index is 2.98. The van der Waals surface area contributed by atoms with Gasteiger partial charge in [0.25, 0.3) is 0 Å². The van der Waals surface area contributed by atoms with Crippen LogP contribution in [0.3, 0.4) is 0 Å². The van der Waals surface area contributed by atoms with Crippen LogP contribution in [-0.4, -0.2) is 37.3 Å². The first kappa shape index (κ1) is 9.58. The molecule has 0 saturated carbocycles. The average molecular weight is 163 g/mol. The highest BCUT2D eigenvalue weighted by Crippen LogP contribution is 1.91. The number of primary amides is 1. The van der Waals surface area contributed by atoms with Gasteiger partial charge in [0.05, 0.1) is 0 Å². The molecule has 0 radical (unpaired) electrons. The Morgan fingerprint density at radius 1 is 1.70 bits per heavy atom. The SMILES string of the molecule is CN(C)CCSNC(N)=O. The normalized spacial score (nSPS) is 9.90. The summed E-state index contributed by atoms with van der Waals surface area (Å²) in [5.41, 5.74) is 4.82. The minimum Gasteiger partial charge on any atom is -0.351 e. The van der Waals surface area contributed by atoms with E-state index < -0.39 is 6.03 Å². The number of nitrogens with one attached hydrogen (secondary N) is 1. The Bertz CT molecular complexity index is 107. The van der Waals surface area contributed by atoms with Gasteiger partial charge in [0, 0.05) is 12.3 Å². The van der Waals surface area contributed by atoms with Crippen LogP contribution >= 0.6 is 11.9 Å². The van der Waals surface area contributed by atoms with Crippen LogP contribution < -0.4 is 10.5 Å². The first-order chi connectivity index (χ1) is 4.63. The van der Waals surface area contributed by atoms with Crippen LogP contribution in [0.25, 0.3) is 0 Å². The molecule has 0 unspecified atom stereocenters. The van der Waals surface area contributed by atoms with Crippen molar-refractivity contribution in [2.45, 2.75) is 0 Å². The molecule has 0 aliphatic rings. The van der Waals surface area contributed by atoms with E-state index in [1.54, 1.807) is 0 Å². The van der Waals surface area contributed by atoms with E-state index in [2.05, 4.69) is 4.72 Å². The molecule has 0 aromatic carbocycles. The standard InChI is InChI=1S/C5H13N3OS/c1-8(2)3-4-10-7-5(6)9/h3-4H2,1-2H3,(H3,6,7,9). The maximum atomic E-state index is 10.1. The van der Waals surface area contributed by atoms with E-state index in [-0.39, 0.29) is 0 Å². The van der Waals surface area contributed by atoms with Crippen LogP contribution in [0.1, 0.15) is 0 Å². The molecule has 0 fully saturated rings. The Labute approximate surface area is 65.3 Å². The van der Waals surface area contributed by atoms with Crippen molar-refractivity contribution in [1.82, 2.24) is 9.62 Å². The summed E-state index contributed by atoms with van der Waals surface area (Å²) in [6.45, 7) is 0.935. The predicted molar refractivity (Wildman–Crippen MR) is 43.7 cm³/mol. The van der Waals surface area contributed by atoms with E-state index >= 15 is 0 Å². The second kappa shape index (κ2) is 5.37. The smallest absolute Gasteiger partial charge is 0.322 e. The highest BCUT2D eigenvalue weighted by atomic mass is 32.2. The number of hydrogen-bond acceptors (Lipinski definition) is 3. The van der Waals surface area contributed by atoms with Crippen LogP contribution in [-0.2, 0) is 0 Å². The summed E-state index contributed by atoms with van der Waals surface area (Å²) in [4.78, 5) is 12.2. The monoisotopic (exact) mass is 163 g/mol. The first-order valence-corrected chi connectivity index (χ1v) is 3.93. The number of hydrogen-bond donors (Lipinski definition) is 2. The van der Waals surface area contributed by atoms with Crippen LogP contribution in [0, 0.1) is 0 Å². The summed E-state index contributed by atoms with van der Waals surface area (Å²) < 4.78 is 2.43. The molecule has 0 rings (SSSR count). The van der Waals surface area contributed by atoms with Crippen molar-refractivity contribution in [3.05, 3.63) is 0 Å². The summed E-state index contributed by atoms with van der Waals surface area (Å²) in [6.07, 6.45) is 0. The molecule has 0 spiro atoms. The fourth-order valence-corrected chi connectivity index (χ4v) is 1.05. The molecular formula is C5H13N3OS. The van der Waals surface area contributed by atoms with Gasteiger partial charge in [0.15, 0.2) is 0 Å². The molecule has 0 bridgehead atoms. The number of urea groups is 1. The van der Waals surface area contributed by atoms with Gasteiger partial charge >= 0.3 is 6.03 Å². The van der Waals surface area contributed by atoms with Crippen LogP contribution in [0.15, 0.2) is 0 Å². The molecule has 60 valence electrons. The maximum absolute atomic E-state index is 10.1. The van der Waals surface area contributed by atoms with Crippen molar-refractivity contribution in [1.29, 1.82) is 0 Å². The van der Waals surface area contributed by atoms with Crippen molar-refractivity contribution in [2.24, 2.45) is 5.73 Å². The quantitative estimate of drug-likeness (QED) is 0.448. The summed E-state index contributed by atoms with van der Waals surface area (Å²) in [5.74, 6) is 0.857. The fourth-order valence-electron chi connectivity index (χ4n) is 0.350. The van der Waals surface area contributed by atoms with Gasteiger partial charge in [0.1, 0.15) is 0 Å². The average Bonchev–Trinajstić information content (AvgIpc) is 1.79. The third-order valence-corrected chi connectivity index (χ3v) is 1.55. The second-order valence-corrected chi connectivity index (χ2v) is 3.02. The van der Waals surface area contributed by atoms with E-state index in [1.807, 2.05) is 19.0 Å². The number of amides is 2. The van der Waals surface area contributed by atoms with Gasteiger partial charge in [-0.25, -0.2) is 4.79 Å². The molecule has 0 saturated heterocycles. The van der Waals surface area contributed by atoms with Gasteiger partial charge in [-0.15, -0.1) is 0 Å². The first-order valence-electron chi connectivity index (χ1n) is 2.95. The highest BCUT2D eigenvalue weighted by molar-refractivity contribution is 7.97. The molecular weight excluding hydrogens is 150 g/mol. The van der Waals surface area contributed by atoms with Crippen molar-refractivity contribution in [3.63, 3.8) is 0 Å². The zero-order valence-electron chi connectivity index (χ0n) is 6.26. The van der Waals surface area contributed by atoms with E-state index in [4.69, 9.17) is 5.73 Å². The molecule has 5 heteroatoms. The molecule has 0 aromatic heterocycles. The topological polar surface area (TPSA) is 58.4 Å². The van der Waals surface area contributed by atoms with Crippen LogP contribution in [0.4, 0.5) is 4.79 Å². The molecule has 2 amide bonds. The minimum atomic E-state index is -0.483. The Hall–Kier alpha value is -0.420. The third-order valence-electron chi connectivity index (χ3n) is 0.813. The molecule has 0 aliphatic carbocycles. The van der Waals surface area contributed by atoms with Crippen molar-refractivity contribution < 1.29 is 4.79 Å². The van der Waals surface area contributed by atoms with Gasteiger partial charge in [-0.3, -0.25) is 4.72 Å². The van der Waals surface area contributed by atoms with Crippen LogP contribution in [0.2, 0.25) is 0 Å². The van der Waals surface area contributed by atoms with E-state index in [0.29, 0.717) is 0 Å². The lowest BCUT2D eigenvalue weighted by Gasteiger charge is -2.07. The number of carbonyl (C=O) groups excluding carboxylic acids is 1. The summed E-state index contributed by atoms with van der Waals surface area (Å²) in [6, 6.07) is -0.483. The van der Waals surface area contributed by atoms with Gasteiger partial charge < -0.3 is 10.6 Å². The lowest BCUT2D eigenvalue weighted by molar-refractivity contribution is 0.254. The molecule has 10 heavy (non-hydrogen) atoms. The summed E-state index contributed by atoms with van der Waals surface area (Å²) in [5, 5.41) is 0. The number of rotatable bonds is 4. The molecule has 3 N–H and O–H groups in total. The van der Waals surface area contributed by atoms with Gasteiger partial charge in [-0.05, 0) is 26.0 Å². The van der Waals surface area contributed by atoms with E-state index in [1.165, 1.54) is 11.9 Å². The fraction of sp³-hybridized carbons (Fsp3) is 0.800. The number of nitrogens with zero attached hydrogens (tertiary/aromatic N) is 1. The molecule has 4 nitrogen and oxygen atoms in total. The predicted octanol–water partition coefficient (Wildman–Crippen LogP) is -0.136. The second-order valence-electron chi connectivity index (χ2n) is 2.12. The number of carbonyl (C=O) groups is 1. The molecule has 0 heterocycles. The lowest BCUT2D eigenvalue weighted by Crippen LogP contribution is -2.25. The highest BCUT2D eigenvalue weighted by Gasteiger charge is 1.92. The molecule has 0 aromatic rings. The summed E-state index contributed by atoms with van der Waals surface area (Å²) >= 11 is 1.32. The summed E-state index contributed by atoms with van der Waals surface area (Å²) in [7, 11) is 3.95. The van der Waals surface area contributed by atoms with Gasteiger partial charge in [0.2, 0.25) is 0 Å². The molecule has 0 atom stereocenters. The number of nitrogens with two attached hydrogens (primary N) is 1. The third kappa shape index (κ3) is 7.58. The Kier molecular flexibility index (Phi) is 5.15. The van der Waals surface area contributed by atoms with E-state index in [9.17, 15) is 4.79 Å². The Morgan fingerprint density at radius 3 is 2.70 bits per heavy atom. The van der Waals surface area contributed by atoms with E-state index in [0.717, 1.165) is 12.3 Å². The maximum Gasteiger partial charge on any atom is 0.322 e. The van der Waals surface area contributed by atoms with Crippen LogP contribution in [0.5, 0.6) is 0 Å². The Morgan fingerprint density at radius 2 is 2.30 bits per heavy atom. The van der Waals surface area contributed by atoms with Gasteiger partial charge in [-0.2, -0.15) is 0 Å². The van der Waals surface area contributed by atoms with Crippen molar-refractivity contribution in [2.75, 3.05) is 26.4 Å². The largest absolute Gasteiger partial charge is 0.351 e. The van der Waals surface area contributed by atoms with Crippen molar-refractivity contribution in [3.8, 4) is 0 Å². The minimum absolute atomic E-state index is 0.483. The molecule has 0 aliphatic heterocycles. The van der Waals surface area contributed by atoms with Gasteiger partial charge in [-0.1, -0.05) is 0 Å².